The summed E-state index contributed by atoms with van der Waals surface area (Å²) >= 11 is 0. The highest BCUT2D eigenvalue weighted by Crippen LogP contribution is 2.37. The summed E-state index contributed by atoms with van der Waals surface area (Å²) in [6, 6.07) is 16.9. The van der Waals surface area contributed by atoms with E-state index in [1.807, 2.05) is 0 Å². The molecule has 0 radical (unpaired) electrons. The van der Waals surface area contributed by atoms with Crippen LogP contribution < -0.4 is 11.1 Å². The molecule has 2 aromatic carbocycles. The zero-order valence-electron chi connectivity index (χ0n) is 20.5. The van der Waals surface area contributed by atoms with E-state index in [1.165, 1.54) is 22.3 Å². The Balaban J connectivity index is 1.35. The van der Waals surface area contributed by atoms with Crippen LogP contribution in [0, 0.1) is 5.92 Å². The molecule has 5 rings (SSSR count). The lowest BCUT2D eigenvalue weighted by atomic mass is 9.84. The Hall–Kier alpha value is -2.76. The van der Waals surface area contributed by atoms with E-state index in [1.54, 1.807) is 4.90 Å². The maximum absolute atomic E-state index is 13.7. The van der Waals surface area contributed by atoms with Crippen LogP contribution >= 0.6 is 0 Å². The quantitative estimate of drug-likeness (QED) is 0.640. The maximum atomic E-state index is 13.7. The zero-order valence-corrected chi connectivity index (χ0v) is 20.5. The van der Waals surface area contributed by atoms with Gasteiger partial charge in [-0.3, -0.25) is 14.5 Å². The van der Waals surface area contributed by atoms with Crippen molar-refractivity contribution in [2.45, 2.75) is 69.4 Å². The van der Waals surface area contributed by atoms with E-state index < -0.39 is 0 Å². The van der Waals surface area contributed by atoms with Gasteiger partial charge in [-0.05, 0) is 79.7 Å². The van der Waals surface area contributed by atoms with Gasteiger partial charge in [0.25, 0.3) is 0 Å². The first kappa shape index (κ1) is 24.0. The van der Waals surface area contributed by atoms with Crippen molar-refractivity contribution in [3.8, 4) is 0 Å². The molecule has 35 heavy (non-hydrogen) atoms. The van der Waals surface area contributed by atoms with Gasteiger partial charge in [0.2, 0.25) is 11.8 Å². The molecule has 184 valence electrons. The highest BCUT2D eigenvalue weighted by atomic mass is 16.2. The Morgan fingerprint density at radius 3 is 2.11 bits per heavy atom. The second-order valence-electron chi connectivity index (χ2n) is 10.5. The summed E-state index contributed by atoms with van der Waals surface area (Å²) in [6.07, 6.45) is 11.1. The van der Waals surface area contributed by atoms with Gasteiger partial charge < -0.3 is 11.1 Å². The van der Waals surface area contributed by atoms with Crippen LogP contribution in [0.5, 0.6) is 0 Å². The molecule has 2 aliphatic carbocycles. The first-order valence-electron chi connectivity index (χ1n) is 13.3. The summed E-state index contributed by atoms with van der Waals surface area (Å²) < 4.78 is 0. The molecule has 1 aliphatic heterocycles. The Labute approximate surface area is 208 Å². The predicted octanol–water partition coefficient (Wildman–Crippen LogP) is 4.71. The molecule has 2 aromatic rings. The molecular formula is C30H37N3O2. The molecule has 0 spiro atoms. The number of amides is 2. The third-order valence-corrected chi connectivity index (χ3v) is 8.09. The van der Waals surface area contributed by atoms with Gasteiger partial charge in [-0.15, -0.1) is 0 Å². The van der Waals surface area contributed by atoms with Gasteiger partial charge in [0.1, 0.15) is 0 Å². The number of hydrogen-bond acceptors (Lipinski definition) is 4. The lowest BCUT2D eigenvalue weighted by molar-refractivity contribution is -0.147. The van der Waals surface area contributed by atoms with E-state index in [0.29, 0.717) is 25.3 Å². The minimum atomic E-state index is -0.228. The number of carbonyl (C=O) groups is 2. The second kappa shape index (κ2) is 10.9. The standard InChI is InChI=1S/C30H37N3O2/c31-24-15-11-21(12-16-24)20-33(30(35)28-10-5-19-32-28)29(34)18-17-27-25-8-3-1-6-22(25)13-14-23-7-2-4-9-26(23)27/h1-4,6-9,13-14,21,24,27-28,32H,5,10-12,15-20,31H2/t21?,24?,28-/m0/s1. The van der Waals surface area contributed by atoms with Crippen LogP contribution in [0.3, 0.4) is 0 Å². The molecule has 1 heterocycles. The van der Waals surface area contributed by atoms with E-state index in [9.17, 15) is 9.59 Å². The Kier molecular flexibility index (Phi) is 7.45. The SMILES string of the molecule is NC1CCC(CN(C(=O)CCC2c3ccccc3C=Cc3ccccc32)C(=O)[C@@H]2CCCN2)CC1. The molecule has 2 fully saturated rings. The number of benzene rings is 2. The Bertz CT molecular complexity index is 1030. The number of nitrogens with one attached hydrogen (secondary N) is 1. The number of rotatable bonds is 6. The molecule has 5 heteroatoms. The van der Waals surface area contributed by atoms with Crippen LogP contribution in [0.25, 0.3) is 12.2 Å². The molecule has 1 saturated carbocycles. The highest BCUT2D eigenvalue weighted by Gasteiger charge is 2.33. The molecule has 5 nitrogen and oxygen atoms in total. The molecule has 0 bridgehead atoms. The summed E-state index contributed by atoms with van der Waals surface area (Å²) in [5.41, 5.74) is 11.0. The molecule has 0 unspecified atom stereocenters. The number of fused-ring (bicyclic) bond motifs is 2. The van der Waals surface area contributed by atoms with Gasteiger partial charge in [-0.1, -0.05) is 60.7 Å². The largest absolute Gasteiger partial charge is 0.328 e. The zero-order chi connectivity index (χ0) is 24.2. The van der Waals surface area contributed by atoms with Crippen LogP contribution in [0.1, 0.15) is 79.5 Å². The molecule has 1 atom stereocenters. The van der Waals surface area contributed by atoms with Crippen LogP contribution in [0.2, 0.25) is 0 Å². The summed E-state index contributed by atoms with van der Waals surface area (Å²) in [5, 5.41) is 3.30. The smallest absolute Gasteiger partial charge is 0.246 e. The minimum Gasteiger partial charge on any atom is -0.328 e. The molecule has 2 amide bonds. The van der Waals surface area contributed by atoms with Crippen molar-refractivity contribution in [2.24, 2.45) is 11.7 Å². The van der Waals surface area contributed by atoms with Crippen molar-refractivity contribution in [1.29, 1.82) is 0 Å². The van der Waals surface area contributed by atoms with Crippen molar-refractivity contribution in [1.82, 2.24) is 10.2 Å². The number of hydrogen-bond donors (Lipinski definition) is 2. The van der Waals surface area contributed by atoms with E-state index in [-0.39, 0.29) is 29.8 Å². The number of carbonyl (C=O) groups excluding carboxylic acids is 2. The first-order chi connectivity index (χ1) is 17.1. The Morgan fingerprint density at radius 2 is 1.51 bits per heavy atom. The predicted molar refractivity (Wildman–Crippen MR) is 141 cm³/mol. The van der Waals surface area contributed by atoms with Crippen LogP contribution in [-0.4, -0.2) is 41.9 Å². The van der Waals surface area contributed by atoms with Crippen molar-refractivity contribution in [3.05, 3.63) is 70.8 Å². The summed E-state index contributed by atoms with van der Waals surface area (Å²) in [5.74, 6) is 0.402. The van der Waals surface area contributed by atoms with E-state index in [4.69, 9.17) is 5.73 Å². The minimum absolute atomic E-state index is 0.0364. The maximum Gasteiger partial charge on any atom is 0.246 e. The van der Waals surface area contributed by atoms with Crippen molar-refractivity contribution in [2.75, 3.05) is 13.1 Å². The summed E-state index contributed by atoms with van der Waals surface area (Å²) in [6.45, 7) is 1.38. The fourth-order valence-electron chi connectivity index (χ4n) is 6.05. The van der Waals surface area contributed by atoms with Crippen molar-refractivity contribution >= 4 is 24.0 Å². The van der Waals surface area contributed by atoms with E-state index in [2.05, 4.69) is 66.0 Å². The van der Waals surface area contributed by atoms with Gasteiger partial charge in [-0.2, -0.15) is 0 Å². The molecule has 0 aromatic heterocycles. The fraction of sp³-hybridized carbons (Fsp3) is 0.467. The third-order valence-electron chi connectivity index (χ3n) is 8.09. The summed E-state index contributed by atoms with van der Waals surface area (Å²) in [4.78, 5) is 28.7. The van der Waals surface area contributed by atoms with Gasteiger partial charge in [-0.25, -0.2) is 0 Å². The molecule has 1 saturated heterocycles. The van der Waals surface area contributed by atoms with Gasteiger partial charge in [0.05, 0.1) is 6.04 Å². The number of nitrogens with two attached hydrogens (primary N) is 1. The average molecular weight is 472 g/mol. The highest BCUT2D eigenvalue weighted by molar-refractivity contribution is 5.98. The molecule has 3 aliphatic rings. The fourth-order valence-corrected chi connectivity index (χ4v) is 6.05. The van der Waals surface area contributed by atoms with Crippen LogP contribution in [-0.2, 0) is 9.59 Å². The van der Waals surface area contributed by atoms with Crippen LogP contribution in [0.4, 0.5) is 0 Å². The topological polar surface area (TPSA) is 75.4 Å². The number of imide groups is 1. The number of nitrogens with zero attached hydrogens (tertiary/aromatic N) is 1. The van der Waals surface area contributed by atoms with Crippen molar-refractivity contribution in [3.63, 3.8) is 0 Å². The summed E-state index contributed by atoms with van der Waals surface area (Å²) in [7, 11) is 0. The molecule has 3 N–H and O–H groups in total. The lowest BCUT2D eigenvalue weighted by Gasteiger charge is -2.32. The average Bonchev–Trinajstić information content (AvgIpc) is 3.38. The first-order valence-corrected chi connectivity index (χ1v) is 13.3. The lowest BCUT2D eigenvalue weighted by Crippen LogP contribution is -2.49. The van der Waals surface area contributed by atoms with Gasteiger partial charge >= 0.3 is 0 Å². The van der Waals surface area contributed by atoms with E-state index >= 15 is 0 Å². The molecular weight excluding hydrogens is 434 g/mol. The van der Waals surface area contributed by atoms with Gasteiger partial charge in [0, 0.05) is 24.9 Å². The second-order valence-corrected chi connectivity index (χ2v) is 10.5. The third kappa shape index (κ3) is 5.41. The van der Waals surface area contributed by atoms with Gasteiger partial charge in [0.15, 0.2) is 0 Å². The normalized spacial score (nSPS) is 23.9. The monoisotopic (exact) mass is 471 g/mol. The Morgan fingerprint density at radius 1 is 0.886 bits per heavy atom. The van der Waals surface area contributed by atoms with Crippen LogP contribution in [0.15, 0.2) is 48.5 Å². The van der Waals surface area contributed by atoms with E-state index in [0.717, 1.165) is 45.1 Å². The van der Waals surface area contributed by atoms with Crippen molar-refractivity contribution < 1.29 is 9.59 Å².